The van der Waals surface area contributed by atoms with Gasteiger partial charge in [-0.2, -0.15) is 0 Å². The lowest BCUT2D eigenvalue weighted by molar-refractivity contribution is 0.424. The van der Waals surface area contributed by atoms with Crippen LogP contribution < -0.4 is 10.2 Å². The van der Waals surface area contributed by atoms with Crippen LogP contribution in [-0.4, -0.2) is 19.6 Å². The molecule has 0 radical (unpaired) electrons. The van der Waals surface area contributed by atoms with Crippen molar-refractivity contribution in [2.24, 2.45) is 0 Å². The molecule has 1 saturated carbocycles. The van der Waals surface area contributed by atoms with Crippen LogP contribution in [0.4, 0.5) is 10.1 Å². The number of nitrogens with one attached hydrogen (secondary N) is 1. The van der Waals surface area contributed by atoms with E-state index >= 15 is 0 Å². The molecular weight excluding hydrogens is 263 g/mol. The minimum atomic E-state index is -0.0919. The summed E-state index contributed by atoms with van der Waals surface area (Å²) in [5.74, 6) is -0.0919. The molecule has 0 aliphatic heterocycles. The van der Waals surface area contributed by atoms with Crippen molar-refractivity contribution in [3.05, 3.63) is 29.6 Å². The van der Waals surface area contributed by atoms with Gasteiger partial charge in [0.05, 0.1) is 5.69 Å². The summed E-state index contributed by atoms with van der Waals surface area (Å²) in [4.78, 5) is 2.14. The van der Waals surface area contributed by atoms with E-state index < -0.39 is 0 Å². The Morgan fingerprint density at radius 1 is 1.29 bits per heavy atom. The highest BCUT2D eigenvalue weighted by molar-refractivity contribution is 5.50. The first-order valence-corrected chi connectivity index (χ1v) is 8.39. The number of hydrogen-bond donors (Lipinski definition) is 1. The molecule has 0 spiro atoms. The van der Waals surface area contributed by atoms with E-state index in [1.807, 2.05) is 13.1 Å². The Morgan fingerprint density at radius 3 is 2.62 bits per heavy atom. The highest BCUT2D eigenvalue weighted by Crippen LogP contribution is 2.29. The van der Waals surface area contributed by atoms with Crippen LogP contribution in [0.25, 0.3) is 0 Å². The first-order valence-electron chi connectivity index (χ1n) is 8.39. The monoisotopic (exact) mass is 292 g/mol. The van der Waals surface area contributed by atoms with Crippen molar-refractivity contribution >= 4 is 5.69 Å². The van der Waals surface area contributed by atoms with Crippen molar-refractivity contribution in [1.82, 2.24) is 5.32 Å². The number of anilines is 1. The molecule has 2 nitrogen and oxygen atoms in total. The van der Waals surface area contributed by atoms with E-state index in [9.17, 15) is 4.39 Å². The van der Waals surface area contributed by atoms with E-state index in [2.05, 4.69) is 30.1 Å². The molecule has 0 saturated heterocycles. The molecule has 0 bridgehead atoms. The number of nitrogens with zero attached hydrogens (tertiary/aromatic N) is 1. The average molecular weight is 292 g/mol. The quantitative estimate of drug-likeness (QED) is 0.820. The van der Waals surface area contributed by atoms with Crippen molar-refractivity contribution in [2.45, 2.75) is 64.5 Å². The average Bonchev–Trinajstić information content (AvgIpc) is 2.52. The van der Waals surface area contributed by atoms with E-state index in [4.69, 9.17) is 0 Å². The van der Waals surface area contributed by atoms with Gasteiger partial charge in [-0.3, -0.25) is 0 Å². The SMILES string of the molecule is CCCNC(C)c1ccc(N(C)C2CCCCC2)c(F)c1. The molecule has 1 fully saturated rings. The van der Waals surface area contributed by atoms with Crippen molar-refractivity contribution < 1.29 is 4.39 Å². The van der Waals surface area contributed by atoms with Crippen LogP contribution in [0.3, 0.4) is 0 Å². The van der Waals surface area contributed by atoms with Gasteiger partial charge in [0, 0.05) is 19.1 Å². The lowest BCUT2D eigenvalue weighted by Gasteiger charge is -2.33. The summed E-state index contributed by atoms with van der Waals surface area (Å²) in [6, 6.07) is 6.40. The zero-order valence-corrected chi connectivity index (χ0v) is 13.7. The second-order valence-electron chi connectivity index (χ2n) is 6.29. The molecule has 21 heavy (non-hydrogen) atoms. The molecule has 1 aliphatic carbocycles. The van der Waals surface area contributed by atoms with Crippen molar-refractivity contribution in [3.8, 4) is 0 Å². The van der Waals surface area contributed by atoms with Crippen molar-refractivity contribution in [1.29, 1.82) is 0 Å². The van der Waals surface area contributed by atoms with Gasteiger partial charge in [0.25, 0.3) is 0 Å². The van der Waals surface area contributed by atoms with Gasteiger partial charge in [0.15, 0.2) is 0 Å². The second kappa shape index (κ2) is 7.79. The van der Waals surface area contributed by atoms with Crippen LogP contribution in [0.5, 0.6) is 0 Å². The van der Waals surface area contributed by atoms with Gasteiger partial charge in [0.2, 0.25) is 0 Å². The van der Waals surface area contributed by atoms with Gasteiger partial charge in [-0.05, 0) is 50.4 Å². The summed E-state index contributed by atoms with van der Waals surface area (Å²) in [5, 5.41) is 3.41. The summed E-state index contributed by atoms with van der Waals surface area (Å²) in [7, 11) is 2.03. The predicted molar refractivity (Wildman–Crippen MR) is 88.4 cm³/mol. The van der Waals surface area contributed by atoms with Crippen LogP contribution in [0.1, 0.15) is 64.0 Å². The maximum atomic E-state index is 14.5. The van der Waals surface area contributed by atoms with Gasteiger partial charge in [0.1, 0.15) is 5.82 Å². The Labute approximate surface area is 128 Å². The fourth-order valence-electron chi connectivity index (χ4n) is 3.22. The molecule has 118 valence electrons. The van der Waals surface area contributed by atoms with E-state index in [1.165, 1.54) is 32.1 Å². The summed E-state index contributed by atoms with van der Waals surface area (Å²) in [5.41, 5.74) is 1.77. The summed E-state index contributed by atoms with van der Waals surface area (Å²) < 4.78 is 14.5. The molecule has 1 aromatic carbocycles. The van der Waals surface area contributed by atoms with Gasteiger partial charge >= 0.3 is 0 Å². The smallest absolute Gasteiger partial charge is 0.146 e. The fourth-order valence-corrected chi connectivity index (χ4v) is 3.22. The lowest BCUT2D eigenvalue weighted by Crippen LogP contribution is -2.34. The third kappa shape index (κ3) is 4.19. The van der Waals surface area contributed by atoms with Crippen LogP contribution in [0.15, 0.2) is 18.2 Å². The topological polar surface area (TPSA) is 15.3 Å². The number of hydrogen-bond acceptors (Lipinski definition) is 2. The maximum Gasteiger partial charge on any atom is 0.146 e. The highest BCUT2D eigenvalue weighted by Gasteiger charge is 2.20. The van der Waals surface area contributed by atoms with Crippen molar-refractivity contribution in [2.75, 3.05) is 18.5 Å². The van der Waals surface area contributed by atoms with E-state index in [1.54, 1.807) is 6.07 Å². The van der Waals surface area contributed by atoms with E-state index in [-0.39, 0.29) is 11.9 Å². The molecular formula is C18H29FN2. The molecule has 0 amide bonds. The van der Waals surface area contributed by atoms with E-state index in [0.29, 0.717) is 6.04 Å². The zero-order valence-electron chi connectivity index (χ0n) is 13.7. The van der Waals surface area contributed by atoms with Crippen LogP contribution in [0, 0.1) is 5.82 Å². The summed E-state index contributed by atoms with van der Waals surface area (Å²) in [6.07, 6.45) is 7.33. The largest absolute Gasteiger partial charge is 0.369 e. The third-order valence-electron chi connectivity index (χ3n) is 4.67. The number of rotatable bonds is 6. The molecule has 2 rings (SSSR count). The van der Waals surface area contributed by atoms with Crippen LogP contribution in [0.2, 0.25) is 0 Å². The molecule has 3 heteroatoms. The fraction of sp³-hybridized carbons (Fsp3) is 0.667. The standard InChI is InChI=1S/C18H29FN2/c1-4-12-20-14(2)15-10-11-18(17(19)13-15)21(3)16-8-6-5-7-9-16/h10-11,13-14,16,20H,4-9,12H2,1-3H3. The molecule has 1 aliphatic rings. The first-order chi connectivity index (χ1) is 10.1. The van der Waals surface area contributed by atoms with Crippen LogP contribution in [-0.2, 0) is 0 Å². The van der Waals surface area contributed by atoms with Crippen LogP contribution >= 0.6 is 0 Å². The summed E-state index contributed by atoms with van der Waals surface area (Å²) >= 11 is 0. The van der Waals surface area contributed by atoms with Gasteiger partial charge in [-0.1, -0.05) is 32.3 Å². The molecule has 1 aromatic rings. The number of benzene rings is 1. The Kier molecular flexibility index (Phi) is 6.04. The zero-order chi connectivity index (χ0) is 15.2. The Bertz CT molecular complexity index is 441. The number of halogens is 1. The Morgan fingerprint density at radius 2 is 2.00 bits per heavy atom. The molecule has 1 atom stereocenters. The second-order valence-corrected chi connectivity index (χ2v) is 6.29. The minimum absolute atomic E-state index is 0.0919. The first kappa shape index (κ1) is 16.3. The molecule has 0 aromatic heterocycles. The van der Waals surface area contributed by atoms with E-state index in [0.717, 1.165) is 24.2 Å². The van der Waals surface area contributed by atoms with Gasteiger partial charge in [-0.15, -0.1) is 0 Å². The molecule has 0 heterocycles. The lowest BCUT2D eigenvalue weighted by atomic mass is 9.94. The normalized spacial score (nSPS) is 17.7. The van der Waals surface area contributed by atoms with Gasteiger partial charge < -0.3 is 10.2 Å². The molecule has 1 unspecified atom stereocenters. The maximum absolute atomic E-state index is 14.5. The highest BCUT2D eigenvalue weighted by atomic mass is 19.1. The van der Waals surface area contributed by atoms with Crippen molar-refractivity contribution in [3.63, 3.8) is 0 Å². The molecule has 1 N–H and O–H groups in total. The third-order valence-corrected chi connectivity index (χ3v) is 4.67. The predicted octanol–water partition coefficient (Wildman–Crippen LogP) is 4.66. The summed E-state index contributed by atoms with van der Waals surface area (Å²) in [6.45, 7) is 5.20. The Hall–Kier alpha value is -1.09. The van der Waals surface area contributed by atoms with Gasteiger partial charge in [-0.25, -0.2) is 4.39 Å². The minimum Gasteiger partial charge on any atom is -0.369 e. The Balaban J connectivity index is 2.07.